The number of carbonyl (C=O) groups is 3. The van der Waals surface area contributed by atoms with Gasteiger partial charge in [-0.3, -0.25) is 9.59 Å². The molecule has 57 heavy (non-hydrogen) atoms. The molecule has 0 aromatic heterocycles. The molecule has 8 heteroatoms. The van der Waals surface area contributed by atoms with Crippen LogP contribution in [0.3, 0.4) is 0 Å². The highest BCUT2D eigenvalue weighted by Crippen LogP contribution is 2.12. The third kappa shape index (κ3) is 44.3. The predicted octanol–water partition coefficient (Wildman–Crippen LogP) is 13.9. The SMILES string of the molecule is CCCCCCCC/C=C\CCCCCCCC=NC(=O)CCN(CCNC(=O)OC(C)(C)C)CCC(=O)N=CCCCCCCC/C=C\CCCCCCCC. The van der Waals surface area contributed by atoms with Gasteiger partial charge in [0.1, 0.15) is 5.60 Å². The van der Waals surface area contributed by atoms with Crippen LogP contribution in [0.1, 0.15) is 227 Å². The van der Waals surface area contributed by atoms with Crippen LogP contribution in [0.2, 0.25) is 0 Å². The van der Waals surface area contributed by atoms with Gasteiger partial charge in [0, 0.05) is 51.4 Å². The van der Waals surface area contributed by atoms with Gasteiger partial charge in [-0.05, 0) is 97.8 Å². The lowest BCUT2D eigenvalue weighted by Gasteiger charge is -2.23. The topological polar surface area (TPSA) is 100 Å². The molecule has 0 saturated carbocycles. The molecule has 8 nitrogen and oxygen atoms in total. The van der Waals surface area contributed by atoms with Crippen LogP contribution < -0.4 is 5.32 Å². The number of unbranched alkanes of at least 4 members (excludes halogenated alkanes) is 24. The summed E-state index contributed by atoms with van der Waals surface area (Å²) in [5, 5.41) is 2.78. The summed E-state index contributed by atoms with van der Waals surface area (Å²) in [6.45, 7) is 11.8. The Balaban J connectivity index is 4.26. The van der Waals surface area contributed by atoms with Gasteiger partial charge in [0.15, 0.2) is 0 Å². The summed E-state index contributed by atoms with van der Waals surface area (Å²) in [5.41, 5.74) is -0.577. The second-order valence-electron chi connectivity index (χ2n) is 16.9. The third-order valence-electron chi connectivity index (χ3n) is 10.0. The van der Waals surface area contributed by atoms with Gasteiger partial charge < -0.3 is 15.0 Å². The van der Waals surface area contributed by atoms with E-state index in [1.165, 1.54) is 141 Å². The number of rotatable bonds is 39. The highest BCUT2D eigenvalue weighted by atomic mass is 16.6. The van der Waals surface area contributed by atoms with Crippen molar-refractivity contribution in [3.8, 4) is 0 Å². The maximum atomic E-state index is 12.6. The first-order valence-corrected chi connectivity index (χ1v) is 23.8. The Hall–Kier alpha value is -2.61. The number of allylic oxidation sites excluding steroid dienone is 4. The first-order valence-electron chi connectivity index (χ1n) is 23.8. The second kappa shape index (κ2) is 41.5. The summed E-state index contributed by atoms with van der Waals surface area (Å²) < 4.78 is 5.34. The number of nitrogens with one attached hydrogen (secondary N) is 1. The number of nitrogens with zero attached hydrogens (tertiary/aromatic N) is 3. The van der Waals surface area contributed by atoms with E-state index in [-0.39, 0.29) is 24.7 Å². The molecule has 330 valence electrons. The highest BCUT2D eigenvalue weighted by Gasteiger charge is 2.16. The van der Waals surface area contributed by atoms with Crippen LogP contribution in [-0.2, 0) is 14.3 Å². The molecule has 0 aliphatic heterocycles. The second-order valence-corrected chi connectivity index (χ2v) is 16.9. The van der Waals surface area contributed by atoms with E-state index in [2.05, 4.69) is 53.5 Å². The van der Waals surface area contributed by atoms with E-state index in [0.717, 1.165) is 38.5 Å². The maximum absolute atomic E-state index is 12.6. The van der Waals surface area contributed by atoms with Crippen LogP contribution >= 0.6 is 0 Å². The van der Waals surface area contributed by atoms with Crippen molar-refractivity contribution in [1.82, 2.24) is 10.2 Å². The lowest BCUT2D eigenvalue weighted by Crippen LogP contribution is -2.39. The van der Waals surface area contributed by atoms with Crippen molar-refractivity contribution in [1.29, 1.82) is 0 Å². The first kappa shape index (κ1) is 54.4. The Morgan fingerprint density at radius 2 is 0.825 bits per heavy atom. The molecule has 0 radical (unpaired) electrons. The number of hydrogen-bond donors (Lipinski definition) is 1. The zero-order chi connectivity index (χ0) is 41.9. The largest absolute Gasteiger partial charge is 0.444 e. The molecule has 0 rings (SSSR count). The monoisotopic (exact) mass is 799 g/mol. The number of aliphatic imine (C=N–C) groups is 2. The van der Waals surface area contributed by atoms with Gasteiger partial charge in [-0.15, -0.1) is 0 Å². The molecule has 0 aromatic carbocycles. The quantitative estimate of drug-likeness (QED) is 0.0379. The Morgan fingerprint density at radius 3 is 1.18 bits per heavy atom. The lowest BCUT2D eigenvalue weighted by atomic mass is 10.1. The number of carbonyl (C=O) groups excluding carboxylic acids is 3. The fourth-order valence-electron chi connectivity index (χ4n) is 6.55. The van der Waals surface area contributed by atoms with E-state index >= 15 is 0 Å². The molecule has 0 bridgehead atoms. The Morgan fingerprint density at radius 1 is 0.491 bits per heavy atom. The molecule has 0 heterocycles. The van der Waals surface area contributed by atoms with Crippen LogP contribution in [0.5, 0.6) is 0 Å². The average molecular weight is 799 g/mol. The van der Waals surface area contributed by atoms with Crippen LogP contribution in [0.25, 0.3) is 0 Å². The van der Waals surface area contributed by atoms with E-state index < -0.39 is 11.7 Å². The Bertz CT molecular complexity index is 996. The van der Waals surface area contributed by atoms with Gasteiger partial charge in [0.05, 0.1) is 0 Å². The van der Waals surface area contributed by atoms with Gasteiger partial charge in [0.25, 0.3) is 0 Å². The zero-order valence-electron chi connectivity index (χ0n) is 38.0. The van der Waals surface area contributed by atoms with Crippen molar-refractivity contribution < 1.29 is 19.1 Å². The van der Waals surface area contributed by atoms with Crippen LogP contribution in [-0.4, -0.2) is 67.0 Å². The fraction of sp³-hybridized carbons (Fsp3) is 0.816. The average Bonchev–Trinajstić information content (AvgIpc) is 3.17. The number of amides is 3. The lowest BCUT2D eigenvalue weighted by molar-refractivity contribution is -0.118. The van der Waals surface area contributed by atoms with Gasteiger partial charge in [0.2, 0.25) is 11.8 Å². The van der Waals surface area contributed by atoms with Crippen LogP contribution in [0.4, 0.5) is 4.79 Å². The molecule has 0 spiro atoms. The van der Waals surface area contributed by atoms with Gasteiger partial charge in [-0.2, -0.15) is 0 Å². The van der Waals surface area contributed by atoms with Gasteiger partial charge in [-0.1, -0.05) is 141 Å². The van der Waals surface area contributed by atoms with E-state index in [1.807, 2.05) is 25.7 Å². The van der Waals surface area contributed by atoms with E-state index in [4.69, 9.17) is 4.74 Å². The summed E-state index contributed by atoms with van der Waals surface area (Å²) in [7, 11) is 0. The smallest absolute Gasteiger partial charge is 0.407 e. The molecule has 3 amide bonds. The highest BCUT2D eigenvalue weighted by molar-refractivity contribution is 5.85. The molecule has 0 unspecified atom stereocenters. The predicted molar refractivity (Wildman–Crippen MR) is 246 cm³/mol. The number of alkyl carbamates (subject to hydrolysis) is 1. The zero-order valence-corrected chi connectivity index (χ0v) is 38.0. The minimum absolute atomic E-state index is 0.155. The molecule has 0 saturated heterocycles. The molecular formula is C49H90N4O4. The van der Waals surface area contributed by atoms with Crippen molar-refractivity contribution in [3.63, 3.8) is 0 Å². The molecule has 0 fully saturated rings. The molecule has 1 N–H and O–H groups in total. The maximum Gasteiger partial charge on any atom is 0.407 e. The minimum Gasteiger partial charge on any atom is -0.444 e. The molecular weight excluding hydrogens is 709 g/mol. The summed E-state index contributed by atoms with van der Waals surface area (Å²) in [4.78, 5) is 47.6. The molecule has 0 atom stereocenters. The molecule has 0 aliphatic carbocycles. The fourth-order valence-corrected chi connectivity index (χ4v) is 6.55. The Labute approximate surface area is 352 Å². The summed E-state index contributed by atoms with van der Waals surface area (Å²) in [6.07, 6.45) is 47.6. The standard InChI is InChI=1S/C49H90N4O4/c1-6-8-10-12-14-16-18-20-22-24-26-28-30-32-34-36-40-50-46(54)38-43-53(45-42-52-48(56)57-49(3,4)5)44-39-47(55)51-41-37-35-33-31-29-27-25-23-21-19-17-15-13-11-9-7-2/h20-23,40-41H,6-19,24-39,42-45H2,1-5H3,(H,52,56)/b22-20-,23-21-,50-40?,51-41?. The van der Waals surface area contributed by atoms with Crippen molar-refractivity contribution >= 4 is 30.3 Å². The molecule has 0 aromatic rings. The number of ether oxygens (including phenoxy) is 1. The van der Waals surface area contributed by atoms with Crippen LogP contribution in [0.15, 0.2) is 34.3 Å². The summed E-state index contributed by atoms with van der Waals surface area (Å²) >= 11 is 0. The van der Waals surface area contributed by atoms with Crippen molar-refractivity contribution in [2.45, 2.75) is 233 Å². The van der Waals surface area contributed by atoms with Crippen molar-refractivity contribution in [2.75, 3.05) is 26.2 Å². The van der Waals surface area contributed by atoms with Gasteiger partial charge >= 0.3 is 6.09 Å². The molecule has 0 aliphatic rings. The van der Waals surface area contributed by atoms with Crippen molar-refractivity contribution in [2.24, 2.45) is 9.98 Å². The van der Waals surface area contributed by atoms with E-state index in [0.29, 0.717) is 26.2 Å². The van der Waals surface area contributed by atoms with Gasteiger partial charge in [-0.25, -0.2) is 14.8 Å². The Kier molecular flexibility index (Phi) is 39.6. The summed E-state index contributed by atoms with van der Waals surface area (Å²) in [5.74, 6) is -0.311. The minimum atomic E-state index is -0.577. The van der Waals surface area contributed by atoms with E-state index in [9.17, 15) is 14.4 Å². The van der Waals surface area contributed by atoms with Crippen LogP contribution in [0, 0.1) is 0 Å². The summed E-state index contributed by atoms with van der Waals surface area (Å²) in [6, 6.07) is 0. The first-order chi connectivity index (χ1) is 27.7. The number of hydrogen-bond acceptors (Lipinski definition) is 5. The van der Waals surface area contributed by atoms with E-state index in [1.54, 1.807) is 12.4 Å². The van der Waals surface area contributed by atoms with Crippen molar-refractivity contribution in [3.05, 3.63) is 24.3 Å². The third-order valence-corrected chi connectivity index (χ3v) is 10.0. The normalized spacial score (nSPS) is 12.3.